The van der Waals surface area contributed by atoms with E-state index in [1.54, 1.807) is 29.0 Å². The van der Waals surface area contributed by atoms with Crippen LogP contribution in [-0.4, -0.2) is 21.5 Å². The first kappa shape index (κ1) is 22.8. The van der Waals surface area contributed by atoms with Gasteiger partial charge in [0.05, 0.1) is 10.9 Å². The molecule has 1 N–H and O–H groups in total. The zero-order valence-corrected chi connectivity index (χ0v) is 19.7. The Morgan fingerprint density at radius 2 is 1.83 bits per heavy atom. The van der Waals surface area contributed by atoms with Crippen LogP contribution in [0.5, 0.6) is 0 Å². The highest BCUT2D eigenvalue weighted by molar-refractivity contribution is 5.97. The maximum Gasteiger partial charge on any atom is 0.256 e. The second kappa shape index (κ2) is 9.35. The van der Waals surface area contributed by atoms with Crippen LogP contribution in [0.4, 0.5) is 0 Å². The number of pyridine rings is 3. The molecule has 0 aliphatic heterocycles. The number of hydrogen-bond donors (Lipinski definition) is 1. The summed E-state index contributed by atoms with van der Waals surface area (Å²) in [4.78, 5) is 30.2. The molecule has 0 bridgehead atoms. The summed E-state index contributed by atoms with van der Waals surface area (Å²) in [5, 5.41) is 16.3. The third-order valence-electron chi connectivity index (χ3n) is 5.64. The molecule has 3 heterocycles. The summed E-state index contributed by atoms with van der Waals surface area (Å²) in [6.07, 6.45) is 4.58. The fraction of sp³-hybridized carbons (Fsp3) is 0.103. The van der Waals surface area contributed by atoms with Crippen molar-refractivity contribution in [3.05, 3.63) is 117 Å². The van der Waals surface area contributed by atoms with Gasteiger partial charge < -0.3 is 15.1 Å². The lowest BCUT2D eigenvalue weighted by molar-refractivity contribution is -0.577. The minimum absolute atomic E-state index is 0.0388. The normalized spacial score (nSPS) is 10.9. The van der Waals surface area contributed by atoms with Crippen molar-refractivity contribution in [2.75, 3.05) is 0 Å². The van der Waals surface area contributed by atoms with Gasteiger partial charge in [-0.3, -0.25) is 9.59 Å². The predicted octanol–water partition coefficient (Wildman–Crippen LogP) is 3.71. The van der Waals surface area contributed by atoms with Crippen molar-refractivity contribution in [3.63, 3.8) is 0 Å². The molecule has 3 aromatic heterocycles. The Labute approximate surface area is 207 Å². The second-order valence-electron chi connectivity index (χ2n) is 8.66. The van der Waals surface area contributed by atoms with Gasteiger partial charge in [-0.2, -0.15) is 4.73 Å². The van der Waals surface area contributed by atoms with Gasteiger partial charge in [0, 0.05) is 41.1 Å². The minimum atomic E-state index is -0.437. The fourth-order valence-corrected chi connectivity index (χ4v) is 4.02. The molecular formula is C29H22N4O3. The van der Waals surface area contributed by atoms with Gasteiger partial charge in [0.2, 0.25) is 10.9 Å². The SMILES string of the molecule is CC(C)NC(=O)c1cn(-c2cccc(C#Cc3cc4ccccc4[n+]([O-])c3)c2)c2ncccc2c1=O. The average molecular weight is 475 g/mol. The molecule has 0 atom stereocenters. The first-order chi connectivity index (χ1) is 17.4. The molecule has 36 heavy (non-hydrogen) atoms. The highest BCUT2D eigenvalue weighted by atomic mass is 16.5. The molecule has 0 radical (unpaired) electrons. The number of nitrogens with one attached hydrogen (secondary N) is 1. The van der Waals surface area contributed by atoms with E-state index in [0.29, 0.717) is 33.4 Å². The molecule has 0 unspecified atom stereocenters. The van der Waals surface area contributed by atoms with Gasteiger partial charge in [-0.1, -0.05) is 30.0 Å². The van der Waals surface area contributed by atoms with Crippen LogP contribution in [0.15, 0.2) is 90.1 Å². The van der Waals surface area contributed by atoms with Crippen LogP contribution in [0.1, 0.15) is 35.3 Å². The molecular weight excluding hydrogens is 452 g/mol. The summed E-state index contributed by atoms with van der Waals surface area (Å²) >= 11 is 0. The van der Waals surface area contributed by atoms with Crippen molar-refractivity contribution >= 4 is 27.8 Å². The van der Waals surface area contributed by atoms with Crippen LogP contribution >= 0.6 is 0 Å². The third-order valence-corrected chi connectivity index (χ3v) is 5.64. The Morgan fingerprint density at radius 3 is 2.67 bits per heavy atom. The van der Waals surface area contributed by atoms with Crippen LogP contribution < -0.4 is 15.5 Å². The molecule has 2 aromatic carbocycles. The molecule has 1 amide bonds. The van der Waals surface area contributed by atoms with Crippen molar-refractivity contribution in [2.45, 2.75) is 19.9 Å². The Kier molecular flexibility index (Phi) is 5.93. The molecule has 5 rings (SSSR count). The van der Waals surface area contributed by atoms with E-state index in [-0.39, 0.29) is 17.0 Å². The number of carbonyl (C=O) groups excluding carboxylic acids is 1. The van der Waals surface area contributed by atoms with Crippen LogP contribution in [0.3, 0.4) is 0 Å². The summed E-state index contributed by atoms with van der Waals surface area (Å²) in [5.74, 6) is 5.73. The Hall–Kier alpha value is -4.96. The Bertz CT molecular complexity index is 1760. The van der Waals surface area contributed by atoms with Gasteiger partial charge in [-0.25, -0.2) is 4.98 Å². The number of rotatable bonds is 3. The maximum atomic E-state index is 13.0. The number of aromatic nitrogens is 3. The van der Waals surface area contributed by atoms with Gasteiger partial charge in [0.1, 0.15) is 11.2 Å². The first-order valence-electron chi connectivity index (χ1n) is 11.5. The monoisotopic (exact) mass is 474 g/mol. The highest BCUT2D eigenvalue weighted by Gasteiger charge is 2.17. The number of amides is 1. The smallest absolute Gasteiger partial charge is 0.256 e. The molecule has 0 spiro atoms. The number of para-hydroxylation sites is 1. The number of benzene rings is 2. The molecule has 0 fully saturated rings. The minimum Gasteiger partial charge on any atom is -0.618 e. The van der Waals surface area contributed by atoms with Crippen molar-refractivity contribution < 1.29 is 9.52 Å². The molecule has 0 aliphatic rings. The largest absolute Gasteiger partial charge is 0.618 e. The summed E-state index contributed by atoms with van der Waals surface area (Å²) < 4.78 is 2.54. The summed E-state index contributed by atoms with van der Waals surface area (Å²) in [6, 6.07) is 19.8. The van der Waals surface area contributed by atoms with Crippen LogP contribution in [0.2, 0.25) is 0 Å². The molecule has 7 heteroatoms. The highest BCUT2D eigenvalue weighted by Crippen LogP contribution is 2.17. The lowest BCUT2D eigenvalue weighted by atomic mass is 10.1. The molecule has 0 saturated heterocycles. The molecule has 0 aliphatic carbocycles. The topological polar surface area (TPSA) is 90.9 Å². The van der Waals surface area contributed by atoms with Gasteiger partial charge in [0.25, 0.3) is 5.91 Å². The molecule has 7 nitrogen and oxygen atoms in total. The molecule has 0 saturated carbocycles. The van der Waals surface area contributed by atoms with Crippen LogP contribution in [0, 0.1) is 17.0 Å². The first-order valence-corrected chi connectivity index (χ1v) is 11.5. The zero-order chi connectivity index (χ0) is 25.2. The van der Waals surface area contributed by atoms with E-state index in [1.165, 1.54) is 12.4 Å². The van der Waals surface area contributed by atoms with Crippen molar-refractivity contribution in [3.8, 4) is 17.5 Å². The molecule has 5 aromatic rings. The fourth-order valence-electron chi connectivity index (χ4n) is 4.02. The quantitative estimate of drug-likeness (QED) is 0.245. The maximum absolute atomic E-state index is 13.0. The number of carbonyl (C=O) groups is 1. The number of fused-ring (bicyclic) bond motifs is 2. The van der Waals surface area contributed by atoms with E-state index in [4.69, 9.17) is 0 Å². The standard InChI is InChI=1S/C29H22N4O3/c1-19(2)31-29(35)25-18-32(28-24(27(25)34)10-6-14-30-28)23-9-5-7-20(16-23)12-13-21-15-22-8-3-4-11-26(22)33(36)17-21/h3-11,14-19H,1-2H3,(H,31,35). The summed E-state index contributed by atoms with van der Waals surface area (Å²) in [5.41, 5.74) is 2.69. The lowest BCUT2D eigenvalue weighted by Gasteiger charge is -2.14. The van der Waals surface area contributed by atoms with Gasteiger partial charge in [-0.05, 0) is 56.3 Å². The molecule has 176 valence electrons. The van der Waals surface area contributed by atoms with Crippen molar-refractivity contribution in [2.24, 2.45) is 0 Å². The van der Waals surface area contributed by atoms with Crippen LogP contribution in [0.25, 0.3) is 27.6 Å². The number of nitrogens with zero attached hydrogens (tertiary/aromatic N) is 3. The lowest BCUT2D eigenvalue weighted by Crippen LogP contribution is -2.34. The van der Waals surface area contributed by atoms with E-state index in [0.717, 1.165) is 10.1 Å². The average Bonchev–Trinajstić information content (AvgIpc) is 2.87. The summed E-state index contributed by atoms with van der Waals surface area (Å²) in [7, 11) is 0. The Morgan fingerprint density at radius 1 is 1.03 bits per heavy atom. The third kappa shape index (κ3) is 4.40. The zero-order valence-electron chi connectivity index (χ0n) is 19.7. The second-order valence-corrected chi connectivity index (χ2v) is 8.66. The Balaban J connectivity index is 1.59. The summed E-state index contributed by atoms with van der Waals surface area (Å²) in [6.45, 7) is 3.68. The van der Waals surface area contributed by atoms with Gasteiger partial charge in [-0.15, -0.1) is 0 Å². The van der Waals surface area contributed by atoms with E-state index in [2.05, 4.69) is 22.1 Å². The van der Waals surface area contributed by atoms with Crippen LogP contribution in [-0.2, 0) is 0 Å². The van der Waals surface area contributed by atoms with Gasteiger partial charge in [0.15, 0.2) is 6.20 Å². The predicted molar refractivity (Wildman–Crippen MR) is 139 cm³/mol. The van der Waals surface area contributed by atoms with Gasteiger partial charge >= 0.3 is 0 Å². The van der Waals surface area contributed by atoms with Crippen molar-refractivity contribution in [1.82, 2.24) is 14.9 Å². The van der Waals surface area contributed by atoms with Crippen molar-refractivity contribution in [1.29, 1.82) is 0 Å². The van der Waals surface area contributed by atoms with E-state index in [9.17, 15) is 14.8 Å². The van der Waals surface area contributed by atoms with E-state index in [1.807, 2.05) is 62.4 Å². The van der Waals surface area contributed by atoms with E-state index >= 15 is 0 Å². The number of hydrogen-bond acceptors (Lipinski definition) is 4. The van der Waals surface area contributed by atoms with E-state index < -0.39 is 5.91 Å².